The SMILES string of the molecule is Cc1ccc(-c2nc(N)c(C#N)c(-c3cc4c(cc3[N+](=O)[O-])OCO4)c2C)cc1. The van der Waals surface area contributed by atoms with Gasteiger partial charge in [0, 0.05) is 11.1 Å². The van der Waals surface area contributed by atoms with E-state index in [-0.39, 0.29) is 35.2 Å². The number of nitrogens with zero attached hydrogens (tertiary/aromatic N) is 3. The van der Waals surface area contributed by atoms with Crippen molar-refractivity contribution in [2.75, 3.05) is 12.5 Å². The molecule has 4 rings (SSSR count). The van der Waals surface area contributed by atoms with Gasteiger partial charge in [-0.2, -0.15) is 5.26 Å². The Morgan fingerprint density at radius 3 is 2.45 bits per heavy atom. The van der Waals surface area contributed by atoms with Gasteiger partial charge in [-0.1, -0.05) is 29.8 Å². The van der Waals surface area contributed by atoms with Crippen molar-refractivity contribution in [2.24, 2.45) is 0 Å². The summed E-state index contributed by atoms with van der Waals surface area (Å²) in [7, 11) is 0. The molecule has 0 spiro atoms. The third-order valence-corrected chi connectivity index (χ3v) is 4.86. The van der Waals surface area contributed by atoms with Gasteiger partial charge in [-0.3, -0.25) is 10.1 Å². The smallest absolute Gasteiger partial charge is 0.281 e. The highest BCUT2D eigenvalue weighted by Crippen LogP contribution is 2.45. The lowest BCUT2D eigenvalue weighted by Crippen LogP contribution is -2.04. The minimum Gasteiger partial charge on any atom is -0.454 e. The van der Waals surface area contributed by atoms with E-state index in [1.807, 2.05) is 37.3 Å². The molecule has 0 fully saturated rings. The topological polar surface area (TPSA) is 124 Å². The van der Waals surface area contributed by atoms with Gasteiger partial charge in [-0.15, -0.1) is 0 Å². The maximum absolute atomic E-state index is 11.8. The Balaban J connectivity index is 2.05. The van der Waals surface area contributed by atoms with Gasteiger partial charge in [0.15, 0.2) is 11.5 Å². The van der Waals surface area contributed by atoms with Crippen molar-refractivity contribution in [3.63, 3.8) is 0 Å². The molecule has 0 atom stereocenters. The van der Waals surface area contributed by atoms with E-state index in [0.717, 1.165) is 11.1 Å². The molecule has 8 heteroatoms. The molecular formula is C21H16N4O4. The summed E-state index contributed by atoms with van der Waals surface area (Å²) in [5, 5.41) is 21.5. The summed E-state index contributed by atoms with van der Waals surface area (Å²) in [6.07, 6.45) is 0. The fraction of sp³-hybridized carbons (Fsp3) is 0.143. The van der Waals surface area contributed by atoms with Crippen LogP contribution in [0.25, 0.3) is 22.4 Å². The van der Waals surface area contributed by atoms with Crippen molar-refractivity contribution in [1.29, 1.82) is 5.26 Å². The van der Waals surface area contributed by atoms with Crippen LogP contribution < -0.4 is 15.2 Å². The number of hydrogen-bond acceptors (Lipinski definition) is 7. The monoisotopic (exact) mass is 388 g/mol. The van der Waals surface area contributed by atoms with Crippen molar-refractivity contribution in [3.8, 4) is 40.0 Å². The van der Waals surface area contributed by atoms with E-state index in [2.05, 4.69) is 4.98 Å². The Morgan fingerprint density at radius 1 is 1.17 bits per heavy atom. The Kier molecular flexibility index (Phi) is 4.28. The van der Waals surface area contributed by atoms with E-state index >= 15 is 0 Å². The van der Waals surface area contributed by atoms with Gasteiger partial charge < -0.3 is 15.2 Å². The Hall–Kier alpha value is -4.12. The molecule has 2 aromatic carbocycles. The zero-order chi connectivity index (χ0) is 20.7. The van der Waals surface area contributed by atoms with Gasteiger partial charge in [0.1, 0.15) is 17.5 Å². The number of rotatable bonds is 3. The lowest BCUT2D eigenvalue weighted by Gasteiger charge is -2.15. The van der Waals surface area contributed by atoms with E-state index < -0.39 is 4.92 Å². The number of pyridine rings is 1. The number of benzene rings is 2. The van der Waals surface area contributed by atoms with Crippen molar-refractivity contribution >= 4 is 11.5 Å². The zero-order valence-corrected chi connectivity index (χ0v) is 15.7. The summed E-state index contributed by atoms with van der Waals surface area (Å²) in [5.74, 6) is 0.675. The molecule has 1 aromatic heterocycles. The summed E-state index contributed by atoms with van der Waals surface area (Å²) in [4.78, 5) is 15.7. The van der Waals surface area contributed by atoms with Gasteiger partial charge in [-0.05, 0) is 25.5 Å². The van der Waals surface area contributed by atoms with E-state index in [1.54, 1.807) is 6.92 Å². The number of nitriles is 1. The molecule has 1 aliphatic rings. The predicted molar refractivity (Wildman–Crippen MR) is 106 cm³/mol. The van der Waals surface area contributed by atoms with Gasteiger partial charge in [0.05, 0.1) is 22.2 Å². The first kappa shape index (κ1) is 18.3. The maximum Gasteiger partial charge on any atom is 0.281 e. The Labute approximate surface area is 166 Å². The molecule has 3 aromatic rings. The number of nitro benzene ring substituents is 1. The van der Waals surface area contributed by atoms with E-state index in [0.29, 0.717) is 22.6 Å². The number of ether oxygens (including phenoxy) is 2. The summed E-state index contributed by atoms with van der Waals surface area (Å²) in [6.45, 7) is 3.72. The molecule has 0 saturated heterocycles. The molecule has 0 unspecified atom stereocenters. The molecule has 0 radical (unpaired) electrons. The lowest BCUT2D eigenvalue weighted by atomic mass is 9.91. The second-order valence-electron chi connectivity index (χ2n) is 6.68. The van der Waals surface area contributed by atoms with Crippen LogP contribution in [0.5, 0.6) is 11.5 Å². The minimum atomic E-state index is -0.514. The Bertz CT molecular complexity index is 1200. The quantitative estimate of drug-likeness (QED) is 0.528. The molecule has 2 N–H and O–H groups in total. The van der Waals surface area contributed by atoms with E-state index in [9.17, 15) is 15.4 Å². The fourth-order valence-electron chi connectivity index (χ4n) is 3.42. The van der Waals surface area contributed by atoms with Crippen LogP contribution >= 0.6 is 0 Å². The molecule has 29 heavy (non-hydrogen) atoms. The molecule has 2 heterocycles. The highest BCUT2D eigenvalue weighted by atomic mass is 16.7. The van der Waals surface area contributed by atoms with Crippen LogP contribution in [0.1, 0.15) is 16.7 Å². The minimum absolute atomic E-state index is 0.00985. The van der Waals surface area contributed by atoms with Crippen molar-refractivity contribution < 1.29 is 14.4 Å². The van der Waals surface area contributed by atoms with Gasteiger partial charge >= 0.3 is 0 Å². The summed E-state index contributed by atoms with van der Waals surface area (Å²) in [6, 6.07) is 12.5. The Morgan fingerprint density at radius 2 is 1.83 bits per heavy atom. The molecule has 0 bridgehead atoms. The standard InChI is InChI=1S/C21H16N4O4/c1-11-3-5-13(6-4-11)20-12(2)19(15(9-22)21(23)24-20)14-7-17-18(29-10-28-17)8-16(14)25(26)27/h3-8H,10H2,1-2H3,(H2,23,24). The summed E-state index contributed by atoms with van der Waals surface area (Å²) < 4.78 is 10.7. The summed E-state index contributed by atoms with van der Waals surface area (Å²) >= 11 is 0. The average Bonchev–Trinajstić information content (AvgIpc) is 3.16. The third kappa shape index (κ3) is 2.99. The number of nitrogen functional groups attached to an aromatic ring is 1. The molecule has 0 amide bonds. The fourth-order valence-corrected chi connectivity index (χ4v) is 3.42. The molecular weight excluding hydrogens is 372 g/mol. The number of nitrogens with two attached hydrogens (primary N) is 1. The number of nitro groups is 1. The largest absolute Gasteiger partial charge is 0.454 e. The highest BCUT2D eigenvalue weighted by molar-refractivity contribution is 5.89. The van der Waals surface area contributed by atoms with Crippen molar-refractivity contribution in [3.05, 3.63) is 63.2 Å². The zero-order valence-electron chi connectivity index (χ0n) is 15.7. The van der Waals surface area contributed by atoms with Gasteiger partial charge in [0.2, 0.25) is 6.79 Å². The first-order valence-corrected chi connectivity index (χ1v) is 8.76. The lowest BCUT2D eigenvalue weighted by molar-refractivity contribution is -0.384. The van der Waals surface area contributed by atoms with Gasteiger partial charge in [-0.25, -0.2) is 4.98 Å². The molecule has 1 aliphatic heterocycles. The van der Waals surface area contributed by atoms with Crippen LogP contribution in [-0.4, -0.2) is 16.7 Å². The van der Waals surface area contributed by atoms with E-state index in [4.69, 9.17) is 15.2 Å². The number of aromatic nitrogens is 1. The second-order valence-corrected chi connectivity index (χ2v) is 6.68. The van der Waals surface area contributed by atoms with Gasteiger partial charge in [0.25, 0.3) is 5.69 Å². The number of hydrogen-bond donors (Lipinski definition) is 1. The van der Waals surface area contributed by atoms with Crippen LogP contribution in [0.15, 0.2) is 36.4 Å². The van der Waals surface area contributed by atoms with Crippen LogP contribution in [0.3, 0.4) is 0 Å². The third-order valence-electron chi connectivity index (χ3n) is 4.86. The average molecular weight is 388 g/mol. The summed E-state index contributed by atoms with van der Waals surface area (Å²) in [5.41, 5.74) is 9.62. The highest BCUT2D eigenvalue weighted by Gasteiger charge is 2.28. The number of aryl methyl sites for hydroxylation is 1. The normalized spacial score (nSPS) is 11.9. The molecule has 144 valence electrons. The first-order chi connectivity index (χ1) is 13.9. The predicted octanol–water partition coefficient (Wildman–Crippen LogP) is 4.12. The van der Waals surface area contributed by atoms with Crippen molar-refractivity contribution in [2.45, 2.75) is 13.8 Å². The van der Waals surface area contributed by atoms with Crippen LogP contribution in [-0.2, 0) is 0 Å². The van der Waals surface area contributed by atoms with Crippen LogP contribution in [0.4, 0.5) is 11.5 Å². The van der Waals surface area contributed by atoms with Crippen LogP contribution in [0.2, 0.25) is 0 Å². The maximum atomic E-state index is 11.8. The number of fused-ring (bicyclic) bond motifs is 1. The molecule has 0 saturated carbocycles. The first-order valence-electron chi connectivity index (χ1n) is 8.76. The second kappa shape index (κ2) is 6.80. The van der Waals surface area contributed by atoms with Crippen LogP contribution in [0, 0.1) is 35.3 Å². The van der Waals surface area contributed by atoms with Crippen molar-refractivity contribution in [1.82, 2.24) is 4.98 Å². The molecule has 8 nitrogen and oxygen atoms in total. The van der Waals surface area contributed by atoms with E-state index in [1.165, 1.54) is 12.1 Å². The molecule has 0 aliphatic carbocycles. The number of anilines is 1.